The van der Waals surface area contributed by atoms with E-state index in [2.05, 4.69) is 26.6 Å². The van der Waals surface area contributed by atoms with Gasteiger partial charge >= 0.3 is 12.1 Å². The van der Waals surface area contributed by atoms with E-state index >= 15 is 0 Å². The van der Waals surface area contributed by atoms with Gasteiger partial charge in [0, 0.05) is 13.1 Å². The van der Waals surface area contributed by atoms with Gasteiger partial charge in [-0.25, -0.2) is 9.59 Å². The van der Waals surface area contributed by atoms with Gasteiger partial charge < -0.3 is 14.2 Å². The van der Waals surface area contributed by atoms with Gasteiger partial charge in [0.15, 0.2) is 6.10 Å². The molecule has 0 spiro atoms. The Morgan fingerprint density at radius 3 is 2.08 bits per heavy atom. The van der Waals surface area contributed by atoms with Crippen LogP contribution in [-0.4, -0.2) is 37.2 Å². The summed E-state index contributed by atoms with van der Waals surface area (Å²) in [7, 11) is -1.93. The zero-order valence-corrected chi connectivity index (χ0v) is 24.3. The Kier molecular flexibility index (Phi) is 8.36. The van der Waals surface area contributed by atoms with Crippen LogP contribution in [0.3, 0.4) is 0 Å². The van der Waals surface area contributed by atoms with Crippen molar-refractivity contribution >= 4 is 25.3 Å². The van der Waals surface area contributed by atoms with Crippen LogP contribution < -0.4 is 5.19 Å². The van der Waals surface area contributed by atoms with Crippen LogP contribution in [0.25, 0.3) is 0 Å². The molecule has 2 aromatic rings. The first-order valence-corrected chi connectivity index (χ1v) is 16.2. The van der Waals surface area contributed by atoms with E-state index in [0.717, 1.165) is 33.4 Å². The maximum Gasteiger partial charge on any atom is 0.410 e. The maximum atomic E-state index is 13.2. The van der Waals surface area contributed by atoms with Gasteiger partial charge in [0.2, 0.25) is 0 Å². The SMILES string of the molecule is CCOC(=O)[C@@H](OC(C)(C)C)c1c(C)c2c(c(C)c1[Si](C)(C)C)CN(C(=O)OCc1ccccc1)C2. The molecule has 0 fully saturated rings. The zero-order chi connectivity index (χ0) is 26.8. The second kappa shape index (κ2) is 10.8. The van der Waals surface area contributed by atoms with Crippen molar-refractivity contribution in [3.63, 3.8) is 0 Å². The molecule has 36 heavy (non-hydrogen) atoms. The number of esters is 1. The topological polar surface area (TPSA) is 65.1 Å². The largest absolute Gasteiger partial charge is 0.464 e. The highest BCUT2D eigenvalue weighted by atomic mass is 28.3. The van der Waals surface area contributed by atoms with Crippen LogP contribution in [0.2, 0.25) is 19.6 Å². The lowest BCUT2D eigenvalue weighted by Crippen LogP contribution is -2.46. The average molecular weight is 512 g/mol. The van der Waals surface area contributed by atoms with Crippen molar-refractivity contribution in [2.24, 2.45) is 0 Å². The second-order valence-electron chi connectivity index (χ2n) is 11.5. The molecule has 7 heteroatoms. The van der Waals surface area contributed by atoms with E-state index in [9.17, 15) is 9.59 Å². The number of rotatable bonds is 7. The normalized spacial score (nSPS) is 14.4. The number of ether oxygens (including phenoxy) is 3. The van der Waals surface area contributed by atoms with E-state index in [4.69, 9.17) is 14.2 Å². The van der Waals surface area contributed by atoms with Gasteiger partial charge in [-0.3, -0.25) is 4.90 Å². The van der Waals surface area contributed by atoms with E-state index in [0.29, 0.717) is 13.1 Å². The van der Waals surface area contributed by atoms with Gasteiger partial charge in [-0.2, -0.15) is 0 Å². The van der Waals surface area contributed by atoms with Crippen molar-refractivity contribution in [3.05, 3.63) is 63.7 Å². The first-order valence-electron chi connectivity index (χ1n) is 12.7. The fourth-order valence-electron chi connectivity index (χ4n) is 5.05. The summed E-state index contributed by atoms with van der Waals surface area (Å²) in [5, 5.41) is 1.21. The zero-order valence-electron chi connectivity index (χ0n) is 23.3. The fraction of sp³-hybridized carbons (Fsp3) is 0.517. The number of hydrogen-bond donors (Lipinski definition) is 0. The molecule has 1 aliphatic heterocycles. The van der Waals surface area contributed by atoms with Gasteiger partial charge in [0.05, 0.1) is 20.3 Å². The number of fused-ring (bicyclic) bond motifs is 1. The molecule has 196 valence electrons. The number of carbonyl (C=O) groups excluding carboxylic acids is 2. The highest BCUT2D eigenvalue weighted by Crippen LogP contribution is 2.37. The molecule has 2 aromatic carbocycles. The molecule has 0 radical (unpaired) electrons. The Balaban J connectivity index is 2.04. The summed E-state index contributed by atoms with van der Waals surface area (Å²) >= 11 is 0. The molecule has 3 rings (SSSR count). The molecular formula is C29H41NO5Si. The third kappa shape index (κ3) is 6.18. The monoisotopic (exact) mass is 511 g/mol. The molecule has 0 aromatic heterocycles. The summed E-state index contributed by atoms with van der Waals surface area (Å²) in [5.74, 6) is -0.369. The maximum absolute atomic E-state index is 13.2. The van der Waals surface area contributed by atoms with E-state index in [1.54, 1.807) is 4.90 Å². The Labute approximate surface area is 216 Å². The van der Waals surface area contributed by atoms with Crippen LogP contribution in [0.4, 0.5) is 4.79 Å². The van der Waals surface area contributed by atoms with Crippen molar-refractivity contribution in [1.29, 1.82) is 0 Å². The standard InChI is InChI=1S/C29H41NO5Si/c1-10-33-27(31)25(35-29(4,5)6)24-19(2)22-16-30(17-23(22)20(3)26(24)36(7,8)9)28(32)34-18-21-14-12-11-13-15-21/h11-15,25H,10,16-18H2,1-9H3/t25-/m0/s1. The minimum Gasteiger partial charge on any atom is -0.464 e. The van der Waals surface area contributed by atoms with Crippen molar-refractivity contribution in [2.45, 2.75) is 92.6 Å². The lowest BCUT2D eigenvalue weighted by atomic mass is 9.91. The Morgan fingerprint density at radius 2 is 1.56 bits per heavy atom. The molecule has 0 N–H and O–H groups in total. The first kappa shape index (κ1) is 27.9. The third-order valence-electron chi connectivity index (χ3n) is 6.46. The van der Waals surface area contributed by atoms with Gasteiger partial charge in [0.1, 0.15) is 6.61 Å². The summed E-state index contributed by atoms with van der Waals surface area (Å²) in [6, 6.07) is 9.69. The summed E-state index contributed by atoms with van der Waals surface area (Å²) in [4.78, 5) is 28.0. The molecule has 0 unspecified atom stereocenters. The van der Waals surface area contributed by atoms with Gasteiger partial charge in [-0.15, -0.1) is 0 Å². The van der Waals surface area contributed by atoms with Gasteiger partial charge in [-0.1, -0.05) is 55.2 Å². The van der Waals surface area contributed by atoms with Crippen LogP contribution in [0.15, 0.2) is 30.3 Å². The first-order chi connectivity index (χ1) is 16.7. The Hall–Kier alpha value is -2.64. The molecule has 1 aliphatic rings. The molecule has 6 nitrogen and oxygen atoms in total. The molecule has 0 saturated carbocycles. The molecular weight excluding hydrogens is 470 g/mol. The highest BCUT2D eigenvalue weighted by molar-refractivity contribution is 6.89. The van der Waals surface area contributed by atoms with Crippen molar-refractivity contribution in [3.8, 4) is 0 Å². The van der Waals surface area contributed by atoms with Gasteiger partial charge in [-0.05, 0) is 74.9 Å². The fourth-order valence-corrected chi connectivity index (χ4v) is 7.45. The summed E-state index contributed by atoms with van der Waals surface area (Å²) < 4.78 is 17.5. The predicted octanol–water partition coefficient (Wildman–Crippen LogP) is 5.92. The second-order valence-corrected chi connectivity index (χ2v) is 16.5. The minimum absolute atomic E-state index is 0.236. The van der Waals surface area contributed by atoms with Crippen LogP contribution in [0.1, 0.15) is 67.2 Å². The Bertz CT molecular complexity index is 1120. The van der Waals surface area contributed by atoms with Crippen LogP contribution in [-0.2, 0) is 38.7 Å². The third-order valence-corrected chi connectivity index (χ3v) is 8.61. The summed E-state index contributed by atoms with van der Waals surface area (Å²) in [6.45, 7) is 20.1. The molecule has 0 bridgehead atoms. The van der Waals surface area contributed by atoms with Crippen LogP contribution in [0.5, 0.6) is 0 Å². The molecule has 1 amide bonds. The predicted molar refractivity (Wildman–Crippen MR) is 145 cm³/mol. The summed E-state index contributed by atoms with van der Waals surface area (Å²) in [5.41, 5.74) is 5.72. The highest BCUT2D eigenvalue weighted by Gasteiger charge is 2.39. The van der Waals surface area contributed by atoms with Gasteiger partial charge in [0.25, 0.3) is 0 Å². The van der Waals surface area contributed by atoms with Crippen LogP contribution >= 0.6 is 0 Å². The van der Waals surface area contributed by atoms with Crippen molar-refractivity contribution < 1.29 is 23.8 Å². The Morgan fingerprint density at radius 1 is 0.972 bits per heavy atom. The lowest BCUT2D eigenvalue weighted by Gasteiger charge is -2.34. The van der Waals surface area contributed by atoms with Crippen molar-refractivity contribution in [2.75, 3.05) is 6.61 Å². The summed E-state index contributed by atoms with van der Waals surface area (Å²) in [6.07, 6.45) is -1.16. The minimum atomic E-state index is -1.93. The number of carbonyl (C=O) groups is 2. The van der Waals surface area contributed by atoms with E-state index in [-0.39, 0.29) is 25.3 Å². The van der Waals surface area contributed by atoms with Crippen LogP contribution in [0, 0.1) is 13.8 Å². The van der Waals surface area contributed by atoms with E-state index in [1.807, 2.05) is 65.0 Å². The quantitative estimate of drug-likeness (QED) is 0.341. The number of nitrogens with zero attached hydrogens (tertiary/aromatic N) is 1. The number of hydrogen-bond acceptors (Lipinski definition) is 5. The molecule has 1 atom stereocenters. The number of benzene rings is 2. The van der Waals surface area contributed by atoms with E-state index < -0.39 is 19.8 Å². The molecule has 0 aliphatic carbocycles. The van der Waals surface area contributed by atoms with E-state index in [1.165, 1.54) is 5.19 Å². The lowest BCUT2D eigenvalue weighted by molar-refractivity contribution is -0.166. The average Bonchev–Trinajstić information content (AvgIpc) is 3.24. The molecule has 0 saturated heterocycles. The van der Waals surface area contributed by atoms with Crippen molar-refractivity contribution in [1.82, 2.24) is 4.90 Å². The molecule has 1 heterocycles. The smallest absolute Gasteiger partial charge is 0.410 e. The number of amides is 1.